The van der Waals surface area contributed by atoms with Crippen LogP contribution < -0.4 is 20.5 Å². The second-order valence-corrected chi connectivity index (χ2v) is 4.03. The van der Waals surface area contributed by atoms with Gasteiger partial charge in [0.1, 0.15) is 0 Å². The van der Waals surface area contributed by atoms with Crippen molar-refractivity contribution in [2.45, 2.75) is 6.92 Å². The van der Waals surface area contributed by atoms with Gasteiger partial charge in [0.25, 0.3) is 0 Å². The first-order chi connectivity index (χ1) is 9.60. The van der Waals surface area contributed by atoms with E-state index in [0.29, 0.717) is 28.9 Å². The van der Waals surface area contributed by atoms with Crippen molar-refractivity contribution in [3.8, 4) is 17.5 Å². The maximum Gasteiger partial charge on any atom is 0.240 e. The molecule has 1 aromatic heterocycles. The third-order valence-electron chi connectivity index (χ3n) is 2.47. The Morgan fingerprint density at radius 1 is 1.25 bits per heavy atom. The number of carbonyl (C=O) groups is 1. The number of rotatable bonds is 4. The molecule has 0 saturated heterocycles. The van der Waals surface area contributed by atoms with Crippen LogP contribution in [0.4, 0.5) is 11.4 Å². The molecule has 0 bridgehead atoms. The summed E-state index contributed by atoms with van der Waals surface area (Å²) in [5.74, 6) is 0.930. The third kappa shape index (κ3) is 3.17. The van der Waals surface area contributed by atoms with E-state index in [-0.39, 0.29) is 5.91 Å². The van der Waals surface area contributed by atoms with E-state index in [1.807, 2.05) is 0 Å². The number of hydrogen-bond donors (Lipinski definition) is 2. The zero-order chi connectivity index (χ0) is 14.5. The molecule has 2 rings (SSSR count). The van der Waals surface area contributed by atoms with E-state index in [0.717, 1.165) is 0 Å². The molecule has 1 heterocycles. The Bertz CT molecular complexity index is 629. The van der Waals surface area contributed by atoms with Gasteiger partial charge in [0.15, 0.2) is 5.75 Å². The second kappa shape index (κ2) is 5.92. The molecule has 104 valence electrons. The number of carbonyl (C=O) groups excluding carboxylic acids is 1. The number of benzene rings is 1. The number of nitrogen functional groups attached to an aromatic ring is 1. The highest BCUT2D eigenvalue weighted by molar-refractivity contribution is 5.90. The molecule has 0 spiro atoms. The molecule has 6 nitrogen and oxygen atoms in total. The Morgan fingerprint density at radius 3 is 2.70 bits per heavy atom. The van der Waals surface area contributed by atoms with Gasteiger partial charge < -0.3 is 20.5 Å². The highest BCUT2D eigenvalue weighted by Crippen LogP contribution is 2.30. The van der Waals surface area contributed by atoms with Gasteiger partial charge in [-0.15, -0.1) is 0 Å². The lowest BCUT2D eigenvalue weighted by Crippen LogP contribution is -2.07. The number of hydrogen-bond acceptors (Lipinski definition) is 5. The van der Waals surface area contributed by atoms with Crippen LogP contribution in [0, 0.1) is 0 Å². The first kappa shape index (κ1) is 13.7. The number of anilines is 2. The molecule has 20 heavy (non-hydrogen) atoms. The molecule has 0 radical (unpaired) electrons. The number of amides is 1. The van der Waals surface area contributed by atoms with Crippen molar-refractivity contribution in [2.24, 2.45) is 0 Å². The number of para-hydroxylation sites is 2. The lowest BCUT2D eigenvalue weighted by Gasteiger charge is -2.11. The molecule has 0 atom stereocenters. The van der Waals surface area contributed by atoms with Gasteiger partial charge in [-0.1, -0.05) is 12.1 Å². The lowest BCUT2D eigenvalue weighted by molar-refractivity contribution is -0.114. The summed E-state index contributed by atoms with van der Waals surface area (Å²) in [4.78, 5) is 15.3. The first-order valence-corrected chi connectivity index (χ1v) is 5.95. The zero-order valence-electron chi connectivity index (χ0n) is 11.2. The summed E-state index contributed by atoms with van der Waals surface area (Å²) in [5.41, 5.74) is 6.68. The van der Waals surface area contributed by atoms with Crippen molar-refractivity contribution in [1.82, 2.24) is 4.98 Å². The van der Waals surface area contributed by atoms with E-state index < -0.39 is 0 Å². The fraction of sp³-hybridized carbons (Fsp3) is 0.143. The Hall–Kier alpha value is -2.76. The quantitative estimate of drug-likeness (QED) is 0.893. The summed E-state index contributed by atoms with van der Waals surface area (Å²) in [6, 6.07) is 10.3. The van der Waals surface area contributed by atoms with Gasteiger partial charge in [-0.3, -0.25) is 4.79 Å². The van der Waals surface area contributed by atoms with Crippen LogP contribution in [-0.2, 0) is 4.79 Å². The zero-order valence-corrected chi connectivity index (χ0v) is 11.2. The molecule has 3 N–H and O–H groups in total. The monoisotopic (exact) mass is 273 g/mol. The van der Waals surface area contributed by atoms with Crippen LogP contribution in [0.2, 0.25) is 0 Å². The minimum absolute atomic E-state index is 0.177. The molecule has 0 saturated carbocycles. The van der Waals surface area contributed by atoms with Gasteiger partial charge in [0.05, 0.1) is 18.5 Å². The average Bonchev–Trinajstić information content (AvgIpc) is 2.42. The molecule has 0 fully saturated rings. The van der Waals surface area contributed by atoms with Gasteiger partial charge in [-0.2, -0.15) is 4.98 Å². The normalized spacial score (nSPS) is 9.90. The number of nitrogens with two attached hydrogens (primary N) is 1. The van der Waals surface area contributed by atoms with Gasteiger partial charge in [0.2, 0.25) is 17.7 Å². The van der Waals surface area contributed by atoms with E-state index in [1.165, 1.54) is 14.0 Å². The predicted molar refractivity (Wildman–Crippen MR) is 76.0 cm³/mol. The number of aromatic nitrogens is 1. The van der Waals surface area contributed by atoms with Crippen molar-refractivity contribution >= 4 is 17.3 Å². The van der Waals surface area contributed by atoms with Crippen molar-refractivity contribution in [2.75, 3.05) is 18.2 Å². The standard InChI is InChI=1S/C14H15N3O3/c1-9(18)16-11-5-3-4-6-12(11)20-13-8-7-10(15)14(17-13)19-2/h3-8H,15H2,1-2H3,(H,16,18). The van der Waals surface area contributed by atoms with Crippen molar-refractivity contribution in [3.63, 3.8) is 0 Å². The molecular formula is C14H15N3O3. The van der Waals surface area contributed by atoms with Crippen LogP contribution in [0.3, 0.4) is 0 Å². The minimum Gasteiger partial charge on any atom is -0.479 e. The van der Waals surface area contributed by atoms with Crippen molar-refractivity contribution in [1.29, 1.82) is 0 Å². The number of nitrogens with one attached hydrogen (secondary N) is 1. The summed E-state index contributed by atoms with van der Waals surface area (Å²) >= 11 is 0. The molecule has 1 amide bonds. The van der Waals surface area contributed by atoms with Crippen LogP contribution in [0.15, 0.2) is 36.4 Å². The van der Waals surface area contributed by atoms with E-state index in [1.54, 1.807) is 36.4 Å². The minimum atomic E-state index is -0.177. The molecule has 0 aliphatic carbocycles. The van der Waals surface area contributed by atoms with Gasteiger partial charge >= 0.3 is 0 Å². The molecular weight excluding hydrogens is 258 g/mol. The van der Waals surface area contributed by atoms with Crippen LogP contribution in [0.5, 0.6) is 17.5 Å². The van der Waals surface area contributed by atoms with Gasteiger partial charge in [0, 0.05) is 13.0 Å². The highest BCUT2D eigenvalue weighted by atomic mass is 16.5. The summed E-state index contributed by atoms with van der Waals surface area (Å²) in [5, 5.41) is 2.69. The molecule has 0 aliphatic rings. The first-order valence-electron chi connectivity index (χ1n) is 5.95. The fourth-order valence-electron chi connectivity index (χ4n) is 1.62. The van der Waals surface area contributed by atoms with Crippen LogP contribution in [-0.4, -0.2) is 18.0 Å². The van der Waals surface area contributed by atoms with Crippen LogP contribution in [0.25, 0.3) is 0 Å². The summed E-state index contributed by atoms with van der Waals surface area (Å²) in [6.45, 7) is 1.43. The summed E-state index contributed by atoms with van der Waals surface area (Å²) in [6.07, 6.45) is 0. The Balaban J connectivity index is 2.28. The maximum atomic E-state index is 11.1. The lowest BCUT2D eigenvalue weighted by atomic mass is 10.3. The van der Waals surface area contributed by atoms with Crippen molar-refractivity contribution < 1.29 is 14.3 Å². The number of methoxy groups -OCH3 is 1. The molecule has 2 aromatic rings. The Morgan fingerprint density at radius 2 is 2.00 bits per heavy atom. The molecule has 6 heteroatoms. The highest BCUT2D eigenvalue weighted by Gasteiger charge is 2.08. The second-order valence-electron chi connectivity index (χ2n) is 4.03. The van der Waals surface area contributed by atoms with Gasteiger partial charge in [-0.05, 0) is 18.2 Å². The molecule has 0 aliphatic heterocycles. The topological polar surface area (TPSA) is 86.5 Å². The van der Waals surface area contributed by atoms with E-state index in [9.17, 15) is 4.79 Å². The summed E-state index contributed by atoms with van der Waals surface area (Å²) < 4.78 is 10.7. The third-order valence-corrected chi connectivity index (χ3v) is 2.47. The fourth-order valence-corrected chi connectivity index (χ4v) is 1.62. The molecule has 0 unspecified atom stereocenters. The largest absolute Gasteiger partial charge is 0.479 e. The SMILES string of the molecule is COc1nc(Oc2ccccc2NC(C)=O)ccc1N. The Labute approximate surface area is 116 Å². The van der Waals surface area contributed by atoms with Crippen molar-refractivity contribution in [3.05, 3.63) is 36.4 Å². The predicted octanol–water partition coefficient (Wildman–Crippen LogP) is 2.42. The number of pyridine rings is 1. The Kier molecular flexibility index (Phi) is 4.05. The number of ether oxygens (including phenoxy) is 2. The average molecular weight is 273 g/mol. The van der Waals surface area contributed by atoms with Gasteiger partial charge in [-0.25, -0.2) is 0 Å². The maximum absolute atomic E-state index is 11.1. The van der Waals surface area contributed by atoms with E-state index >= 15 is 0 Å². The van der Waals surface area contributed by atoms with E-state index in [4.69, 9.17) is 15.2 Å². The van der Waals surface area contributed by atoms with E-state index in [2.05, 4.69) is 10.3 Å². The van der Waals surface area contributed by atoms with Crippen LogP contribution >= 0.6 is 0 Å². The number of nitrogens with zero attached hydrogens (tertiary/aromatic N) is 1. The molecule has 1 aromatic carbocycles. The smallest absolute Gasteiger partial charge is 0.240 e. The summed E-state index contributed by atoms with van der Waals surface area (Å²) in [7, 11) is 1.48. The van der Waals surface area contributed by atoms with Crippen LogP contribution in [0.1, 0.15) is 6.92 Å².